The number of piperidine rings is 1. The second kappa shape index (κ2) is 3.69. The highest BCUT2D eigenvalue weighted by molar-refractivity contribution is 5.76. The summed E-state index contributed by atoms with van der Waals surface area (Å²) in [6, 6.07) is -0.648. The number of hydroxylamine groups is 2. The third kappa shape index (κ3) is 1.49. The Morgan fingerprint density at radius 1 is 1.47 bits per heavy atom. The Kier molecular flexibility index (Phi) is 2.29. The lowest BCUT2D eigenvalue weighted by molar-refractivity contribution is -0.0584. The standard InChI is InChI=1S/C10H14N4O3/c1-2-8-11-12-9(17-8)7-4-3-6-5-13(7)10(15)14(6)16/h6-7,16H,2-5H2,1H3. The van der Waals surface area contributed by atoms with Crippen molar-refractivity contribution in [2.75, 3.05) is 6.54 Å². The Bertz CT molecular complexity index is 447. The highest BCUT2D eigenvalue weighted by atomic mass is 16.5. The third-order valence-corrected chi connectivity index (χ3v) is 3.41. The molecule has 0 saturated carbocycles. The Labute approximate surface area is 98.0 Å². The summed E-state index contributed by atoms with van der Waals surface area (Å²) < 4.78 is 5.49. The van der Waals surface area contributed by atoms with Gasteiger partial charge >= 0.3 is 6.03 Å². The molecule has 7 nitrogen and oxygen atoms in total. The van der Waals surface area contributed by atoms with Crippen LogP contribution in [0.3, 0.4) is 0 Å². The summed E-state index contributed by atoms with van der Waals surface area (Å²) >= 11 is 0. The molecule has 0 spiro atoms. The summed E-state index contributed by atoms with van der Waals surface area (Å²) in [4.78, 5) is 13.4. The Morgan fingerprint density at radius 3 is 3.00 bits per heavy atom. The molecule has 0 aromatic carbocycles. The lowest BCUT2D eigenvalue weighted by atomic mass is 10.0. The number of rotatable bonds is 2. The van der Waals surface area contributed by atoms with Crippen molar-refractivity contribution >= 4 is 6.03 Å². The monoisotopic (exact) mass is 238 g/mol. The minimum Gasteiger partial charge on any atom is -0.423 e. The average molecular weight is 238 g/mol. The number of carbonyl (C=O) groups is 1. The second-order valence-electron chi connectivity index (χ2n) is 4.41. The molecule has 0 aliphatic carbocycles. The van der Waals surface area contributed by atoms with Gasteiger partial charge in [-0.2, -0.15) is 0 Å². The third-order valence-electron chi connectivity index (χ3n) is 3.41. The van der Waals surface area contributed by atoms with Crippen molar-refractivity contribution in [1.82, 2.24) is 20.2 Å². The SMILES string of the molecule is CCc1nnc(C2CCC3CN2C(=O)N3O)o1. The van der Waals surface area contributed by atoms with Crippen LogP contribution in [0.5, 0.6) is 0 Å². The lowest BCUT2D eigenvalue weighted by Crippen LogP contribution is -2.34. The zero-order chi connectivity index (χ0) is 12.0. The van der Waals surface area contributed by atoms with Gasteiger partial charge in [-0.05, 0) is 12.8 Å². The van der Waals surface area contributed by atoms with E-state index in [1.807, 2.05) is 6.92 Å². The van der Waals surface area contributed by atoms with E-state index >= 15 is 0 Å². The van der Waals surface area contributed by atoms with Gasteiger partial charge in [0.2, 0.25) is 11.8 Å². The van der Waals surface area contributed by atoms with Crippen molar-refractivity contribution in [2.24, 2.45) is 0 Å². The van der Waals surface area contributed by atoms with Gasteiger partial charge in [0, 0.05) is 13.0 Å². The number of aromatic nitrogens is 2. The fourth-order valence-corrected chi connectivity index (χ4v) is 2.45. The Morgan fingerprint density at radius 2 is 2.29 bits per heavy atom. The van der Waals surface area contributed by atoms with Crippen molar-refractivity contribution in [3.63, 3.8) is 0 Å². The predicted molar refractivity (Wildman–Crippen MR) is 55.2 cm³/mol. The number of urea groups is 1. The Hall–Kier alpha value is -1.63. The van der Waals surface area contributed by atoms with Crippen molar-refractivity contribution in [3.8, 4) is 0 Å². The van der Waals surface area contributed by atoms with E-state index in [1.165, 1.54) is 0 Å². The van der Waals surface area contributed by atoms with E-state index in [4.69, 9.17) is 4.42 Å². The van der Waals surface area contributed by atoms with Crippen LogP contribution in [-0.4, -0.2) is 44.0 Å². The largest absolute Gasteiger partial charge is 0.423 e. The molecule has 2 aliphatic heterocycles. The van der Waals surface area contributed by atoms with Crippen LogP contribution in [0.4, 0.5) is 4.79 Å². The molecule has 2 unspecified atom stereocenters. The van der Waals surface area contributed by atoms with Gasteiger partial charge < -0.3 is 9.32 Å². The molecule has 2 amide bonds. The molecular weight excluding hydrogens is 224 g/mol. The van der Waals surface area contributed by atoms with Gasteiger partial charge in [-0.25, -0.2) is 9.86 Å². The van der Waals surface area contributed by atoms with Gasteiger partial charge in [0.25, 0.3) is 0 Å². The summed E-state index contributed by atoms with van der Waals surface area (Å²) in [5, 5.41) is 18.3. The van der Waals surface area contributed by atoms with Crippen molar-refractivity contribution in [2.45, 2.75) is 38.3 Å². The van der Waals surface area contributed by atoms with Crippen molar-refractivity contribution in [3.05, 3.63) is 11.8 Å². The number of nitrogens with zero attached hydrogens (tertiary/aromatic N) is 4. The Balaban J connectivity index is 1.87. The minimum atomic E-state index is -0.367. The number of amides is 2. The zero-order valence-electron chi connectivity index (χ0n) is 9.54. The molecule has 3 heterocycles. The first kappa shape index (κ1) is 10.5. The normalized spacial score (nSPS) is 28.0. The van der Waals surface area contributed by atoms with E-state index in [2.05, 4.69) is 10.2 Å². The first-order valence-corrected chi connectivity index (χ1v) is 5.81. The quantitative estimate of drug-likeness (QED) is 0.776. The van der Waals surface area contributed by atoms with E-state index in [0.29, 0.717) is 24.7 Å². The fraction of sp³-hybridized carbons (Fsp3) is 0.700. The van der Waals surface area contributed by atoms with E-state index in [-0.39, 0.29) is 18.1 Å². The molecule has 2 aliphatic rings. The number of aryl methyl sites for hydroxylation is 1. The number of fused-ring (bicyclic) bond motifs is 2. The minimum absolute atomic E-state index is 0.0904. The van der Waals surface area contributed by atoms with Gasteiger partial charge in [-0.1, -0.05) is 6.92 Å². The fourth-order valence-electron chi connectivity index (χ4n) is 2.45. The van der Waals surface area contributed by atoms with E-state index in [9.17, 15) is 10.0 Å². The van der Waals surface area contributed by atoms with Gasteiger partial charge in [0.15, 0.2) is 0 Å². The van der Waals surface area contributed by atoms with Crippen LogP contribution in [0.1, 0.15) is 37.6 Å². The van der Waals surface area contributed by atoms with Gasteiger partial charge in [-0.15, -0.1) is 10.2 Å². The molecule has 1 aromatic heterocycles. The summed E-state index contributed by atoms with van der Waals surface area (Å²) in [5.74, 6) is 1.05. The molecule has 7 heteroatoms. The number of carbonyl (C=O) groups excluding carboxylic acids is 1. The summed E-state index contributed by atoms with van der Waals surface area (Å²) in [5.41, 5.74) is 0. The van der Waals surface area contributed by atoms with Gasteiger partial charge in [0.05, 0.1) is 6.04 Å². The molecule has 2 bridgehead atoms. The van der Waals surface area contributed by atoms with Crippen LogP contribution in [-0.2, 0) is 6.42 Å². The highest BCUT2D eigenvalue weighted by Crippen LogP contribution is 2.36. The molecule has 2 fully saturated rings. The molecule has 2 atom stereocenters. The number of hydrogen-bond acceptors (Lipinski definition) is 5. The van der Waals surface area contributed by atoms with Crippen molar-refractivity contribution in [1.29, 1.82) is 0 Å². The summed E-state index contributed by atoms with van der Waals surface area (Å²) in [6.45, 7) is 2.47. The predicted octanol–water partition coefficient (Wildman–Crippen LogP) is 0.962. The molecule has 0 radical (unpaired) electrons. The maximum absolute atomic E-state index is 11.8. The summed E-state index contributed by atoms with van der Waals surface area (Å²) in [6.07, 6.45) is 2.19. The van der Waals surface area contributed by atoms with E-state index in [0.717, 1.165) is 17.9 Å². The maximum atomic E-state index is 11.8. The van der Waals surface area contributed by atoms with E-state index in [1.54, 1.807) is 4.90 Å². The van der Waals surface area contributed by atoms with Gasteiger partial charge in [-0.3, -0.25) is 5.21 Å². The smallest absolute Gasteiger partial charge is 0.344 e. The average Bonchev–Trinajstić information content (AvgIpc) is 2.91. The highest BCUT2D eigenvalue weighted by Gasteiger charge is 2.46. The van der Waals surface area contributed by atoms with Crippen LogP contribution in [0.25, 0.3) is 0 Å². The van der Waals surface area contributed by atoms with Crippen LogP contribution in [0.2, 0.25) is 0 Å². The first-order chi connectivity index (χ1) is 8.20. The maximum Gasteiger partial charge on any atom is 0.344 e. The van der Waals surface area contributed by atoms with E-state index < -0.39 is 0 Å². The first-order valence-electron chi connectivity index (χ1n) is 5.81. The molecular formula is C10H14N4O3. The molecule has 92 valence electrons. The number of hydrogen-bond donors (Lipinski definition) is 1. The topological polar surface area (TPSA) is 82.7 Å². The van der Waals surface area contributed by atoms with Crippen molar-refractivity contribution < 1.29 is 14.4 Å². The molecule has 1 aromatic rings. The van der Waals surface area contributed by atoms with Crippen LogP contribution in [0.15, 0.2) is 4.42 Å². The molecule has 3 rings (SSSR count). The molecule has 1 N–H and O–H groups in total. The molecule has 17 heavy (non-hydrogen) atoms. The zero-order valence-corrected chi connectivity index (χ0v) is 9.54. The second-order valence-corrected chi connectivity index (χ2v) is 4.41. The van der Waals surface area contributed by atoms with Crippen LogP contribution >= 0.6 is 0 Å². The lowest BCUT2D eigenvalue weighted by Gasteiger charge is -2.27. The molecule has 2 saturated heterocycles. The van der Waals surface area contributed by atoms with Crippen LogP contribution < -0.4 is 0 Å². The van der Waals surface area contributed by atoms with Crippen LogP contribution in [0, 0.1) is 0 Å². The van der Waals surface area contributed by atoms with Gasteiger partial charge in [0.1, 0.15) is 6.04 Å². The summed E-state index contributed by atoms with van der Waals surface area (Å²) in [7, 11) is 0.